The second kappa shape index (κ2) is 11.4. The standard InChI is InChI=1S/C31H28N2O7S/c1-18(2)28(31(35)36)33(41(37)38)24-13-9-21(10-14-24)20-7-11-23(12-8-20)32-30(34)29-19(3)27-25(22-15-16-39-17-22)5-4-6-26(27)40-29/h4-18,28H,1-3H3,(H,32,34)(H,35,36)(H,37,38)/p-1. The van der Waals surface area contributed by atoms with Gasteiger partial charge in [-0.3, -0.25) is 13.3 Å². The monoisotopic (exact) mass is 571 g/mol. The third-order valence-electron chi connectivity index (χ3n) is 6.89. The number of fused-ring (bicyclic) bond motifs is 1. The van der Waals surface area contributed by atoms with Crippen LogP contribution in [0, 0.1) is 12.8 Å². The van der Waals surface area contributed by atoms with Gasteiger partial charge in [-0.15, -0.1) is 0 Å². The lowest BCUT2D eigenvalue weighted by Gasteiger charge is -2.34. The van der Waals surface area contributed by atoms with Gasteiger partial charge in [-0.2, -0.15) is 0 Å². The third-order valence-corrected chi connectivity index (χ3v) is 7.65. The average molecular weight is 572 g/mol. The van der Waals surface area contributed by atoms with E-state index in [2.05, 4.69) is 5.32 Å². The fourth-order valence-electron chi connectivity index (χ4n) is 4.91. The molecule has 2 aromatic heterocycles. The van der Waals surface area contributed by atoms with Gasteiger partial charge in [0.1, 0.15) is 11.6 Å². The molecule has 210 valence electrons. The Balaban J connectivity index is 1.34. The number of hydrogen-bond acceptors (Lipinski definition) is 6. The Morgan fingerprint density at radius 1 is 0.951 bits per heavy atom. The van der Waals surface area contributed by atoms with Crippen molar-refractivity contribution in [1.82, 2.24) is 0 Å². The molecule has 2 heterocycles. The number of aliphatic carboxylic acids is 1. The number of rotatable bonds is 9. The Bertz CT molecular complexity index is 1720. The number of carboxylic acid groups (broad SMARTS) is 1. The van der Waals surface area contributed by atoms with Gasteiger partial charge in [0.05, 0.1) is 12.5 Å². The number of amides is 1. The molecule has 0 radical (unpaired) electrons. The molecule has 2 N–H and O–H groups in total. The van der Waals surface area contributed by atoms with Crippen LogP contribution in [-0.4, -0.2) is 31.8 Å². The van der Waals surface area contributed by atoms with Crippen molar-refractivity contribution in [3.8, 4) is 22.3 Å². The summed E-state index contributed by atoms with van der Waals surface area (Å²) in [6.45, 7) is 5.16. The second-order valence-corrected chi connectivity index (χ2v) is 10.7. The van der Waals surface area contributed by atoms with E-state index in [0.29, 0.717) is 11.3 Å². The van der Waals surface area contributed by atoms with E-state index in [1.807, 2.05) is 43.3 Å². The van der Waals surface area contributed by atoms with Gasteiger partial charge in [0, 0.05) is 39.2 Å². The summed E-state index contributed by atoms with van der Waals surface area (Å²) in [5.41, 5.74) is 5.58. The normalized spacial score (nSPS) is 12.8. The van der Waals surface area contributed by atoms with E-state index in [0.717, 1.165) is 37.5 Å². The molecule has 9 nitrogen and oxygen atoms in total. The zero-order valence-electron chi connectivity index (χ0n) is 22.5. The molecule has 2 unspecified atom stereocenters. The molecule has 0 saturated heterocycles. The largest absolute Gasteiger partial charge is 0.755 e. The molecule has 5 aromatic rings. The van der Waals surface area contributed by atoms with Crippen molar-refractivity contribution in [1.29, 1.82) is 0 Å². The minimum atomic E-state index is -2.77. The van der Waals surface area contributed by atoms with Crippen molar-refractivity contribution >= 4 is 45.5 Å². The molecule has 2 atom stereocenters. The van der Waals surface area contributed by atoms with E-state index >= 15 is 0 Å². The van der Waals surface area contributed by atoms with Gasteiger partial charge in [-0.25, -0.2) is 4.79 Å². The van der Waals surface area contributed by atoms with Gasteiger partial charge in [0.2, 0.25) is 0 Å². The summed E-state index contributed by atoms with van der Waals surface area (Å²) < 4.78 is 35.8. The highest BCUT2D eigenvalue weighted by atomic mass is 32.2. The van der Waals surface area contributed by atoms with Gasteiger partial charge in [-0.1, -0.05) is 50.2 Å². The Labute approximate surface area is 238 Å². The molecule has 0 aliphatic rings. The summed E-state index contributed by atoms with van der Waals surface area (Å²) in [6.07, 6.45) is 3.25. The molecular formula is C31H27N2O7S-. The van der Waals surface area contributed by atoms with E-state index in [-0.39, 0.29) is 17.4 Å². The van der Waals surface area contributed by atoms with Gasteiger partial charge < -0.3 is 23.8 Å². The highest BCUT2D eigenvalue weighted by Gasteiger charge is 2.30. The van der Waals surface area contributed by atoms with Crippen LogP contribution in [0.25, 0.3) is 33.2 Å². The van der Waals surface area contributed by atoms with Gasteiger partial charge in [-0.05, 0) is 65.9 Å². The lowest BCUT2D eigenvalue weighted by molar-refractivity contribution is -0.139. The highest BCUT2D eigenvalue weighted by Crippen LogP contribution is 2.35. The summed E-state index contributed by atoms with van der Waals surface area (Å²) in [4.78, 5) is 24.9. The van der Waals surface area contributed by atoms with Crippen molar-refractivity contribution in [3.63, 3.8) is 0 Å². The smallest absolute Gasteiger partial charge is 0.327 e. The maximum absolute atomic E-state index is 13.1. The van der Waals surface area contributed by atoms with Crippen LogP contribution < -0.4 is 9.62 Å². The maximum atomic E-state index is 13.1. The Morgan fingerprint density at radius 3 is 2.17 bits per heavy atom. The van der Waals surface area contributed by atoms with E-state index in [1.165, 1.54) is 0 Å². The first-order valence-electron chi connectivity index (χ1n) is 12.8. The summed E-state index contributed by atoms with van der Waals surface area (Å²) in [5.74, 6) is -1.81. The molecule has 0 saturated carbocycles. The zero-order chi connectivity index (χ0) is 29.3. The SMILES string of the molecule is Cc1c(C(=O)Nc2ccc(-c3ccc(N(C(C(=O)O)C(C)C)S(=O)[O-])cc3)cc2)oc2cccc(-c3ccoc3)c12. The first kappa shape index (κ1) is 27.9. The molecule has 3 aromatic carbocycles. The molecule has 41 heavy (non-hydrogen) atoms. The number of carbonyl (C=O) groups is 2. The van der Waals surface area contributed by atoms with Crippen molar-refractivity contribution < 1.29 is 32.3 Å². The highest BCUT2D eigenvalue weighted by molar-refractivity contribution is 7.80. The second-order valence-electron chi connectivity index (χ2n) is 9.90. The van der Waals surface area contributed by atoms with Crippen LogP contribution in [0.1, 0.15) is 30.0 Å². The van der Waals surface area contributed by atoms with E-state index < -0.39 is 29.2 Å². The van der Waals surface area contributed by atoms with Crippen LogP contribution in [0.3, 0.4) is 0 Å². The Hall–Kier alpha value is -4.67. The van der Waals surface area contributed by atoms with E-state index in [1.54, 1.807) is 62.8 Å². The minimum absolute atomic E-state index is 0.219. The van der Waals surface area contributed by atoms with Crippen molar-refractivity contribution in [2.24, 2.45) is 5.92 Å². The molecule has 0 fully saturated rings. The third kappa shape index (κ3) is 5.52. The predicted molar refractivity (Wildman–Crippen MR) is 156 cm³/mol. The summed E-state index contributed by atoms with van der Waals surface area (Å²) in [5, 5.41) is 13.3. The number of nitrogens with one attached hydrogen (secondary N) is 1. The Kier molecular flexibility index (Phi) is 7.78. The number of furan rings is 2. The number of nitrogens with zero attached hydrogens (tertiary/aromatic N) is 1. The van der Waals surface area contributed by atoms with Gasteiger partial charge >= 0.3 is 5.97 Å². The first-order chi connectivity index (χ1) is 19.7. The van der Waals surface area contributed by atoms with E-state index in [9.17, 15) is 23.5 Å². The quantitative estimate of drug-likeness (QED) is 0.190. The maximum Gasteiger partial charge on any atom is 0.327 e. The number of hydrogen-bond donors (Lipinski definition) is 2. The van der Waals surface area contributed by atoms with Crippen LogP contribution in [-0.2, 0) is 16.1 Å². The van der Waals surface area contributed by atoms with E-state index in [4.69, 9.17) is 8.83 Å². The van der Waals surface area contributed by atoms with Crippen LogP contribution >= 0.6 is 0 Å². The minimum Gasteiger partial charge on any atom is -0.755 e. The lowest BCUT2D eigenvalue weighted by Crippen LogP contribution is -2.45. The zero-order valence-corrected chi connectivity index (χ0v) is 23.3. The molecule has 1 amide bonds. The number of aryl methyl sites for hydroxylation is 1. The van der Waals surface area contributed by atoms with Crippen LogP contribution in [0.4, 0.5) is 11.4 Å². The first-order valence-corrected chi connectivity index (χ1v) is 13.9. The summed E-state index contributed by atoms with van der Waals surface area (Å²) >= 11 is -2.77. The van der Waals surface area contributed by atoms with Crippen molar-refractivity contribution in [3.05, 3.63) is 96.6 Å². The fraction of sp³-hybridized carbons (Fsp3) is 0.161. The number of carboxylic acids is 1. The molecule has 0 aliphatic heterocycles. The van der Waals surface area contributed by atoms with Crippen molar-refractivity contribution in [2.45, 2.75) is 26.8 Å². The van der Waals surface area contributed by atoms with Crippen LogP contribution in [0.15, 0.2) is 94.2 Å². The molecule has 0 bridgehead atoms. The summed E-state index contributed by atoms with van der Waals surface area (Å²) in [6, 6.07) is 20.0. The molecule has 0 aliphatic carbocycles. The van der Waals surface area contributed by atoms with Crippen molar-refractivity contribution in [2.75, 3.05) is 9.62 Å². The number of carbonyl (C=O) groups excluding carboxylic acids is 1. The van der Waals surface area contributed by atoms with Gasteiger partial charge in [0.15, 0.2) is 5.76 Å². The molecular weight excluding hydrogens is 544 g/mol. The summed E-state index contributed by atoms with van der Waals surface area (Å²) in [7, 11) is 0. The van der Waals surface area contributed by atoms with Crippen LogP contribution in [0.5, 0.6) is 0 Å². The molecule has 0 spiro atoms. The predicted octanol–water partition coefficient (Wildman–Crippen LogP) is 6.63. The van der Waals surface area contributed by atoms with Crippen LogP contribution in [0.2, 0.25) is 0 Å². The lowest BCUT2D eigenvalue weighted by atomic mass is 10.0. The van der Waals surface area contributed by atoms with Gasteiger partial charge in [0.25, 0.3) is 5.91 Å². The fourth-order valence-corrected chi connectivity index (χ4v) is 5.72. The average Bonchev–Trinajstić information content (AvgIpc) is 3.60. The topological polar surface area (TPSA) is 136 Å². The number of benzene rings is 3. The number of anilines is 2. The molecule has 10 heteroatoms. The Morgan fingerprint density at radius 2 is 1.61 bits per heavy atom. The molecule has 5 rings (SSSR count).